The van der Waals surface area contributed by atoms with Crippen molar-refractivity contribution >= 4 is 28.8 Å². The first-order valence-corrected chi connectivity index (χ1v) is 15.3. The van der Waals surface area contributed by atoms with Crippen molar-refractivity contribution in [2.75, 3.05) is 38.0 Å². The number of aromatic nitrogens is 3. The lowest BCUT2D eigenvalue weighted by Crippen LogP contribution is -2.35. The third kappa shape index (κ3) is 8.75. The highest BCUT2D eigenvalue weighted by molar-refractivity contribution is 6.27. The number of carbonyl (C=O) groups is 2. The van der Waals surface area contributed by atoms with Gasteiger partial charge in [0.15, 0.2) is 5.65 Å². The van der Waals surface area contributed by atoms with E-state index in [1.807, 2.05) is 0 Å². The number of rotatable bonds is 10. The zero-order valence-electron chi connectivity index (χ0n) is 25.2. The van der Waals surface area contributed by atoms with Crippen molar-refractivity contribution in [1.29, 1.82) is 0 Å². The number of carboxylic acid groups (broad SMARTS) is 2. The predicted molar refractivity (Wildman–Crippen MR) is 165 cm³/mol. The van der Waals surface area contributed by atoms with E-state index < -0.39 is 11.9 Å². The lowest BCUT2D eigenvalue weighted by atomic mass is 9.86. The molecule has 2 aliphatic rings. The first-order chi connectivity index (χ1) is 20.2. The molecule has 228 valence electrons. The molecule has 3 heterocycles. The van der Waals surface area contributed by atoms with Gasteiger partial charge in [-0.2, -0.15) is 0 Å². The molecule has 4 N–H and O–H groups in total. The molecule has 2 fully saturated rings. The van der Waals surface area contributed by atoms with Crippen LogP contribution >= 0.6 is 0 Å². The van der Waals surface area contributed by atoms with Crippen LogP contribution in [0.1, 0.15) is 68.1 Å². The molecule has 42 heavy (non-hydrogen) atoms. The highest BCUT2D eigenvalue weighted by Crippen LogP contribution is 2.27. The van der Waals surface area contributed by atoms with Gasteiger partial charge in [-0.05, 0) is 107 Å². The first-order valence-electron chi connectivity index (χ1n) is 15.3. The molecule has 0 radical (unpaired) electrons. The van der Waals surface area contributed by atoms with Gasteiger partial charge >= 0.3 is 11.9 Å². The van der Waals surface area contributed by atoms with E-state index in [1.165, 1.54) is 81.5 Å². The number of nitrogens with one attached hydrogen (secondary N) is 2. The van der Waals surface area contributed by atoms with E-state index in [2.05, 4.69) is 71.2 Å². The Kier molecular flexibility index (Phi) is 11.3. The van der Waals surface area contributed by atoms with Gasteiger partial charge in [0.2, 0.25) is 0 Å². The maximum atomic E-state index is 9.10. The number of anilines is 1. The van der Waals surface area contributed by atoms with E-state index >= 15 is 0 Å². The lowest BCUT2D eigenvalue weighted by Gasteiger charge is -2.30. The van der Waals surface area contributed by atoms with E-state index in [0.717, 1.165) is 48.1 Å². The van der Waals surface area contributed by atoms with Gasteiger partial charge in [-0.3, -0.25) is 0 Å². The van der Waals surface area contributed by atoms with Gasteiger partial charge in [-0.1, -0.05) is 19.1 Å². The molecule has 0 spiro atoms. The SMILES string of the molecule is CCc1nc2c(C)cc(C)nc2n1Cc1ccc(N[C@H]2CC[C@H](CNCCN3CCCC3)CC2)cc1.O=C(O)C(=O)O. The van der Waals surface area contributed by atoms with Gasteiger partial charge in [-0.25, -0.2) is 19.6 Å². The van der Waals surface area contributed by atoms with Gasteiger partial charge < -0.3 is 30.3 Å². The van der Waals surface area contributed by atoms with E-state index in [1.54, 1.807) is 0 Å². The average Bonchev–Trinajstić information content (AvgIpc) is 3.61. The fourth-order valence-corrected chi connectivity index (χ4v) is 6.07. The smallest absolute Gasteiger partial charge is 0.414 e. The number of likely N-dealkylation sites (tertiary alicyclic amines) is 1. The van der Waals surface area contributed by atoms with E-state index in [4.69, 9.17) is 29.8 Å². The number of hydrogen-bond donors (Lipinski definition) is 4. The zero-order chi connectivity index (χ0) is 30.1. The summed E-state index contributed by atoms with van der Waals surface area (Å²) >= 11 is 0. The van der Waals surface area contributed by atoms with Crippen LogP contribution in [0.15, 0.2) is 30.3 Å². The second-order valence-corrected chi connectivity index (χ2v) is 11.6. The maximum Gasteiger partial charge on any atom is 0.414 e. The predicted octanol–water partition coefficient (Wildman–Crippen LogP) is 4.47. The van der Waals surface area contributed by atoms with Crippen molar-refractivity contribution in [3.05, 3.63) is 53.0 Å². The Morgan fingerprint density at radius 2 is 1.64 bits per heavy atom. The second-order valence-electron chi connectivity index (χ2n) is 11.6. The highest BCUT2D eigenvalue weighted by Gasteiger charge is 2.21. The molecule has 10 nitrogen and oxygen atoms in total. The largest absolute Gasteiger partial charge is 0.473 e. The summed E-state index contributed by atoms with van der Waals surface area (Å²) in [7, 11) is 0. The number of nitrogens with zero attached hydrogens (tertiary/aromatic N) is 4. The number of hydrogen-bond acceptors (Lipinski definition) is 7. The number of pyridine rings is 1. The van der Waals surface area contributed by atoms with E-state index in [-0.39, 0.29) is 0 Å². The zero-order valence-corrected chi connectivity index (χ0v) is 25.2. The van der Waals surface area contributed by atoms with Crippen molar-refractivity contribution in [2.24, 2.45) is 5.92 Å². The van der Waals surface area contributed by atoms with Gasteiger partial charge in [0, 0.05) is 36.9 Å². The molecular formula is C32H46N6O4. The van der Waals surface area contributed by atoms with Gasteiger partial charge in [0.05, 0.1) is 6.54 Å². The van der Waals surface area contributed by atoms with Crippen LogP contribution in [0.4, 0.5) is 5.69 Å². The number of carboxylic acids is 2. The Bertz CT molecular complexity index is 1310. The van der Waals surface area contributed by atoms with Crippen molar-refractivity contribution in [1.82, 2.24) is 24.8 Å². The van der Waals surface area contributed by atoms with Crippen LogP contribution in [0.25, 0.3) is 11.2 Å². The molecule has 0 bridgehead atoms. The average molecular weight is 579 g/mol. The summed E-state index contributed by atoms with van der Waals surface area (Å²) < 4.78 is 2.29. The van der Waals surface area contributed by atoms with Crippen LogP contribution in [0.3, 0.4) is 0 Å². The maximum absolute atomic E-state index is 9.10. The van der Waals surface area contributed by atoms with E-state index in [0.29, 0.717) is 6.04 Å². The molecule has 1 aromatic carbocycles. The summed E-state index contributed by atoms with van der Waals surface area (Å²) in [5, 5.41) is 22.3. The Balaban J connectivity index is 0.000000612. The molecule has 2 aromatic heterocycles. The minimum absolute atomic E-state index is 0.594. The molecule has 0 atom stereocenters. The van der Waals surface area contributed by atoms with Crippen molar-refractivity contribution in [3.63, 3.8) is 0 Å². The van der Waals surface area contributed by atoms with Crippen LogP contribution < -0.4 is 10.6 Å². The third-order valence-electron chi connectivity index (χ3n) is 8.35. The van der Waals surface area contributed by atoms with Gasteiger partial charge in [0.25, 0.3) is 0 Å². The molecule has 3 aromatic rings. The Labute approximate surface area is 248 Å². The normalized spacial score (nSPS) is 18.9. The fraction of sp³-hybridized carbons (Fsp3) is 0.562. The molecule has 1 aliphatic heterocycles. The number of imidazole rings is 1. The minimum Gasteiger partial charge on any atom is -0.473 e. The van der Waals surface area contributed by atoms with Crippen molar-refractivity contribution < 1.29 is 19.8 Å². The number of fused-ring (bicyclic) bond motifs is 1. The molecule has 1 aliphatic carbocycles. The summed E-state index contributed by atoms with van der Waals surface area (Å²) in [6, 6.07) is 11.7. The van der Waals surface area contributed by atoms with Crippen molar-refractivity contribution in [2.45, 2.75) is 78.3 Å². The summed E-state index contributed by atoms with van der Waals surface area (Å²) in [6.45, 7) is 13.3. The molecule has 5 rings (SSSR count). The summed E-state index contributed by atoms with van der Waals surface area (Å²) in [5.74, 6) is -1.71. The topological polar surface area (TPSA) is 133 Å². The molecular weight excluding hydrogens is 532 g/mol. The summed E-state index contributed by atoms with van der Waals surface area (Å²) in [4.78, 5) is 30.5. The molecule has 0 unspecified atom stereocenters. The highest BCUT2D eigenvalue weighted by atomic mass is 16.4. The lowest BCUT2D eigenvalue weighted by molar-refractivity contribution is -0.159. The molecule has 1 saturated carbocycles. The van der Waals surface area contributed by atoms with Crippen LogP contribution in [-0.4, -0.2) is 80.4 Å². The standard InChI is InChI=1S/C30H44N6.C2H2O4/c1-4-28-34-29-22(2)19-23(3)32-30(29)36(28)21-25-9-13-27(14-10-25)33-26-11-7-24(8-12-26)20-31-15-18-35-16-5-6-17-35;3-1(4)2(5)6/h9-10,13-14,19,24,26,31,33H,4-8,11-12,15-18,20-21H2,1-3H3;(H,3,4)(H,5,6)/t24-,26-;. The van der Waals surface area contributed by atoms with Crippen LogP contribution in [-0.2, 0) is 22.6 Å². The quantitative estimate of drug-likeness (QED) is 0.203. The van der Waals surface area contributed by atoms with Crippen LogP contribution in [0.5, 0.6) is 0 Å². The summed E-state index contributed by atoms with van der Waals surface area (Å²) in [6.07, 6.45) is 8.87. The third-order valence-corrected chi connectivity index (χ3v) is 8.35. The van der Waals surface area contributed by atoms with Crippen molar-refractivity contribution in [3.8, 4) is 0 Å². The fourth-order valence-electron chi connectivity index (χ4n) is 6.07. The minimum atomic E-state index is -1.82. The molecule has 0 amide bonds. The van der Waals surface area contributed by atoms with Gasteiger partial charge in [-0.15, -0.1) is 0 Å². The van der Waals surface area contributed by atoms with Gasteiger partial charge in [0.1, 0.15) is 11.3 Å². The van der Waals surface area contributed by atoms with Crippen LogP contribution in [0, 0.1) is 19.8 Å². The monoisotopic (exact) mass is 578 g/mol. The first kappa shape index (κ1) is 31.4. The Morgan fingerprint density at radius 1 is 0.976 bits per heavy atom. The Morgan fingerprint density at radius 3 is 2.26 bits per heavy atom. The van der Waals surface area contributed by atoms with Crippen LogP contribution in [0.2, 0.25) is 0 Å². The summed E-state index contributed by atoms with van der Waals surface area (Å²) in [5.41, 5.74) is 6.83. The number of aliphatic carboxylic acids is 2. The molecule has 10 heteroatoms. The Hall–Kier alpha value is -3.50. The van der Waals surface area contributed by atoms with E-state index in [9.17, 15) is 0 Å². The number of aryl methyl sites for hydroxylation is 3. The molecule has 1 saturated heterocycles. The second kappa shape index (κ2) is 15.1. The number of benzene rings is 1.